The van der Waals surface area contributed by atoms with Gasteiger partial charge in [0.25, 0.3) is 0 Å². The molecule has 1 unspecified atom stereocenters. The summed E-state index contributed by atoms with van der Waals surface area (Å²) < 4.78 is 33.4. The minimum atomic E-state index is -3.61. The molecule has 0 saturated carbocycles. The average Bonchev–Trinajstić information content (AvgIpc) is 3.10. The van der Waals surface area contributed by atoms with Crippen molar-refractivity contribution in [2.24, 2.45) is 0 Å². The van der Waals surface area contributed by atoms with Gasteiger partial charge in [0.1, 0.15) is 4.90 Å². The van der Waals surface area contributed by atoms with Gasteiger partial charge in [0.15, 0.2) is 0 Å². The third kappa shape index (κ3) is 4.09. The van der Waals surface area contributed by atoms with Crippen LogP contribution in [0.5, 0.6) is 0 Å². The quantitative estimate of drug-likeness (QED) is 0.806. The van der Waals surface area contributed by atoms with E-state index in [1.165, 1.54) is 0 Å². The van der Waals surface area contributed by atoms with Crippen molar-refractivity contribution in [3.05, 3.63) is 29.3 Å². The van der Waals surface area contributed by atoms with E-state index in [0.29, 0.717) is 32.8 Å². The Kier molecular flexibility index (Phi) is 6.12. The lowest BCUT2D eigenvalue weighted by Gasteiger charge is -2.32. The fourth-order valence-corrected chi connectivity index (χ4v) is 5.37. The molecule has 0 bridgehead atoms. The zero-order chi connectivity index (χ0) is 17.0. The molecule has 0 radical (unpaired) electrons. The van der Waals surface area contributed by atoms with Gasteiger partial charge in [0.2, 0.25) is 10.0 Å². The summed E-state index contributed by atoms with van der Waals surface area (Å²) in [6.07, 6.45) is 0.826. The summed E-state index contributed by atoms with van der Waals surface area (Å²) in [6, 6.07) is 6.65. The van der Waals surface area contributed by atoms with Crippen molar-refractivity contribution in [1.29, 1.82) is 0 Å². The Morgan fingerprint density at radius 2 is 2.04 bits per heavy atom. The van der Waals surface area contributed by atoms with E-state index in [9.17, 15) is 8.42 Å². The first-order valence-electron chi connectivity index (χ1n) is 8.36. The van der Waals surface area contributed by atoms with Crippen LogP contribution in [-0.4, -0.2) is 76.1 Å². The van der Waals surface area contributed by atoms with E-state index in [1.807, 2.05) is 0 Å². The maximum Gasteiger partial charge on any atom is 0.244 e. The molecule has 0 amide bonds. The van der Waals surface area contributed by atoms with E-state index in [2.05, 4.69) is 10.2 Å². The second kappa shape index (κ2) is 8.12. The van der Waals surface area contributed by atoms with E-state index in [4.69, 9.17) is 16.3 Å². The van der Waals surface area contributed by atoms with Crippen molar-refractivity contribution in [1.82, 2.24) is 14.5 Å². The summed E-state index contributed by atoms with van der Waals surface area (Å²) >= 11 is 6.16. The van der Waals surface area contributed by atoms with Crippen LogP contribution in [0.4, 0.5) is 0 Å². The Morgan fingerprint density at radius 3 is 2.71 bits per heavy atom. The van der Waals surface area contributed by atoms with Crippen molar-refractivity contribution in [3.8, 4) is 0 Å². The van der Waals surface area contributed by atoms with Crippen LogP contribution in [0, 0.1) is 0 Å². The predicted octanol–water partition coefficient (Wildman–Crippen LogP) is 1.02. The Bertz CT molecular complexity index is 644. The second-order valence-electron chi connectivity index (χ2n) is 6.15. The van der Waals surface area contributed by atoms with Crippen molar-refractivity contribution in [2.45, 2.75) is 17.4 Å². The van der Waals surface area contributed by atoms with Crippen LogP contribution in [0.1, 0.15) is 6.42 Å². The number of sulfonamides is 1. The van der Waals surface area contributed by atoms with Crippen LogP contribution in [0.2, 0.25) is 5.02 Å². The first-order chi connectivity index (χ1) is 11.6. The minimum absolute atomic E-state index is 0.0210. The third-order valence-corrected chi connectivity index (χ3v) is 7.06. The van der Waals surface area contributed by atoms with Crippen LogP contribution in [0.15, 0.2) is 29.2 Å². The van der Waals surface area contributed by atoms with Gasteiger partial charge < -0.3 is 10.1 Å². The molecule has 8 heteroatoms. The molecule has 0 aliphatic carbocycles. The lowest BCUT2D eigenvalue weighted by atomic mass is 10.2. The number of benzene rings is 1. The largest absolute Gasteiger partial charge is 0.379 e. The Labute approximate surface area is 148 Å². The van der Waals surface area contributed by atoms with Gasteiger partial charge in [-0.15, -0.1) is 0 Å². The summed E-state index contributed by atoms with van der Waals surface area (Å²) in [6.45, 7) is 5.84. The van der Waals surface area contributed by atoms with Crippen LogP contribution >= 0.6 is 11.6 Å². The predicted molar refractivity (Wildman–Crippen MR) is 93.9 cm³/mol. The van der Waals surface area contributed by atoms with Gasteiger partial charge in [0, 0.05) is 38.8 Å². The molecule has 2 aliphatic rings. The van der Waals surface area contributed by atoms with Gasteiger partial charge in [-0.1, -0.05) is 23.7 Å². The van der Waals surface area contributed by atoms with Gasteiger partial charge in [-0.2, -0.15) is 4.31 Å². The first kappa shape index (κ1) is 18.1. The highest BCUT2D eigenvalue weighted by Crippen LogP contribution is 2.27. The van der Waals surface area contributed by atoms with E-state index < -0.39 is 10.0 Å². The van der Waals surface area contributed by atoms with Crippen LogP contribution in [0.3, 0.4) is 0 Å². The summed E-state index contributed by atoms with van der Waals surface area (Å²) in [5.74, 6) is 0. The number of ether oxygens (including phenoxy) is 1. The number of morpholine rings is 1. The molecule has 1 N–H and O–H groups in total. The molecule has 1 aromatic rings. The van der Waals surface area contributed by atoms with Crippen molar-refractivity contribution < 1.29 is 13.2 Å². The lowest BCUT2D eigenvalue weighted by Crippen LogP contribution is -2.47. The van der Waals surface area contributed by atoms with Gasteiger partial charge in [-0.3, -0.25) is 4.90 Å². The molecule has 3 rings (SSSR count). The molecule has 0 aromatic heterocycles. The van der Waals surface area contributed by atoms with E-state index in [1.54, 1.807) is 28.6 Å². The standard InChI is InChI=1S/C16H24ClN3O3S/c17-15-3-1-2-4-16(15)24(21,22)20(14-5-6-18-13-14)8-7-19-9-11-23-12-10-19/h1-4,14,18H,5-13H2. The summed E-state index contributed by atoms with van der Waals surface area (Å²) in [7, 11) is -3.61. The fourth-order valence-electron chi connectivity index (χ4n) is 3.23. The van der Waals surface area contributed by atoms with E-state index in [-0.39, 0.29) is 16.0 Å². The first-order valence-corrected chi connectivity index (χ1v) is 10.2. The molecule has 2 fully saturated rings. The maximum atomic E-state index is 13.2. The SMILES string of the molecule is O=S(=O)(c1ccccc1Cl)N(CCN1CCOCC1)C1CCNC1. The summed E-state index contributed by atoms with van der Waals surface area (Å²) in [5, 5.41) is 3.53. The van der Waals surface area contributed by atoms with Crippen LogP contribution in [0.25, 0.3) is 0 Å². The smallest absolute Gasteiger partial charge is 0.244 e. The minimum Gasteiger partial charge on any atom is -0.379 e. The van der Waals surface area contributed by atoms with Crippen molar-refractivity contribution >= 4 is 21.6 Å². The molecular weight excluding hydrogens is 350 g/mol. The second-order valence-corrected chi connectivity index (χ2v) is 8.41. The van der Waals surface area contributed by atoms with Crippen LogP contribution in [-0.2, 0) is 14.8 Å². The Balaban J connectivity index is 1.79. The van der Waals surface area contributed by atoms with Crippen molar-refractivity contribution in [2.75, 3.05) is 52.5 Å². The van der Waals surface area contributed by atoms with Crippen LogP contribution < -0.4 is 5.32 Å². The summed E-state index contributed by atoms with van der Waals surface area (Å²) in [5.41, 5.74) is 0. The zero-order valence-corrected chi connectivity index (χ0v) is 15.2. The highest BCUT2D eigenvalue weighted by Gasteiger charge is 2.34. The average molecular weight is 374 g/mol. The fraction of sp³-hybridized carbons (Fsp3) is 0.625. The van der Waals surface area contributed by atoms with E-state index >= 15 is 0 Å². The van der Waals surface area contributed by atoms with E-state index in [0.717, 1.165) is 26.1 Å². The number of halogens is 1. The Hall–Kier alpha value is -0.700. The molecule has 134 valence electrons. The topological polar surface area (TPSA) is 61.9 Å². The van der Waals surface area contributed by atoms with Gasteiger partial charge in [-0.25, -0.2) is 8.42 Å². The number of nitrogens with one attached hydrogen (secondary N) is 1. The zero-order valence-electron chi connectivity index (χ0n) is 13.7. The maximum absolute atomic E-state index is 13.2. The van der Waals surface area contributed by atoms with Crippen molar-refractivity contribution in [3.63, 3.8) is 0 Å². The Morgan fingerprint density at radius 1 is 1.29 bits per heavy atom. The highest BCUT2D eigenvalue weighted by molar-refractivity contribution is 7.89. The molecule has 1 aromatic carbocycles. The number of hydrogen-bond acceptors (Lipinski definition) is 5. The monoisotopic (exact) mass is 373 g/mol. The number of rotatable bonds is 6. The number of hydrogen-bond donors (Lipinski definition) is 1. The highest BCUT2D eigenvalue weighted by atomic mass is 35.5. The molecule has 0 spiro atoms. The summed E-state index contributed by atoms with van der Waals surface area (Å²) in [4.78, 5) is 2.45. The molecule has 2 heterocycles. The third-order valence-electron chi connectivity index (χ3n) is 4.61. The lowest BCUT2D eigenvalue weighted by molar-refractivity contribution is 0.0355. The molecule has 24 heavy (non-hydrogen) atoms. The van der Waals surface area contributed by atoms with Gasteiger partial charge in [0.05, 0.1) is 18.2 Å². The molecule has 6 nitrogen and oxygen atoms in total. The molecule has 2 saturated heterocycles. The molecule has 2 aliphatic heterocycles. The molecular formula is C16H24ClN3O3S. The number of nitrogens with zero attached hydrogens (tertiary/aromatic N) is 2. The van der Waals surface area contributed by atoms with Gasteiger partial charge in [-0.05, 0) is 25.1 Å². The normalized spacial score (nSPS) is 23.0. The van der Waals surface area contributed by atoms with Gasteiger partial charge >= 0.3 is 0 Å². The molecule has 1 atom stereocenters.